The first kappa shape index (κ1) is 27.3. The Hall–Kier alpha value is -5.78. The quantitative estimate of drug-likeness (QED) is 0.148. The van der Waals surface area contributed by atoms with Gasteiger partial charge in [-0.15, -0.1) is 0 Å². The molecule has 0 saturated heterocycles. The van der Waals surface area contributed by atoms with Gasteiger partial charge in [-0.25, -0.2) is 5.43 Å². The van der Waals surface area contributed by atoms with Crippen molar-refractivity contribution in [3.05, 3.63) is 117 Å². The molecule has 0 radical (unpaired) electrons. The molecule has 0 aliphatic rings. The Morgan fingerprint density at radius 3 is 2.23 bits per heavy atom. The van der Waals surface area contributed by atoms with Crippen LogP contribution in [0.3, 0.4) is 0 Å². The van der Waals surface area contributed by atoms with Crippen molar-refractivity contribution in [1.82, 2.24) is 5.43 Å². The van der Waals surface area contributed by atoms with E-state index in [-0.39, 0.29) is 23.9 Å². The van der Waals surface area contributed by atoms with Crippen LogP contribution in [0.1, 0.15) is 5.56 Å². The van der Waals surface area contributed by atoms with Gasteiger partial charge in [-0.05, 0) is 53.1 Å². The van der Waals surface area contributed by atoms with Gasteiger partial charge in [0.15, 0.2) is 18.1 Å². The summed E-state index contributed by atoms with van der Waals surface area (Å²) in [5, 5.41) is 26.2. The SMILES string of the molecule is COc1cc(/C=N\NC(=O)COc2ccc(-c3ccccc3)cc2)ccc1Oc1ccc([N+](=O)[O-])cc1[N+](=O)[O-]. The van der Waals surface area contributed by atoms with Crippen LogP contribution in [0.4, 0.5) is 11.4 Å². The average Bonchev–Trinajstić information content (AvgIpc) is 2.97. The Labute approximate surface area is 227 Å². The molecule has 12 heteroatoms. The van der Waals surface area contributed by atoms with Crippen molar-refractivity contribution >= 4 is 23.5 Å². The molecule has 0 aliphatic carbocycles. The molecule has 4 aromatic carbocycles. The van der Waals surface area contributed by atoms with Gasteiger partial charge in [-0.2, -0.15) is 5.10 Å². The van der Waals surface area contributed by atoms with E-state index in [2.05, 4.69) is 10.5 Å². The van der Waals surface area contributed by atoms with Crippen molar-refractivity contribution in [2.75, 3.05) is 13.7 Å². The van der Waals surface area contributed by atoms with Gasteiger partial charge in [0.2, 0.25) is 5.75 Å². The molecule has 1 amide bonds. The van der Waals surface area contributed by atoms with Gasteiger partial charge in [-0.3, -0.25) is 25.0 Å². The zero-order valence-electron chi connectivity index (χ0n) is 21.1. The van der Waals surface area contributed by atoms with Gasteiger partial charge < -0.3 is 14.2 Å². The number of nitro groups is 2. The lowest BCUT2D eigenvalue weighted by molar-refractivity contribution is -0.394. The fourth-order valence-electron chi connectivity index (χ4n) is 3.55. The van der Waals surface area contributed by atoms with E-state index in [4.69, 9.17) is 14.2 Å². The number of hydrogen-bond acceptors (Lipinski definition) is 9. The molecule has 0 aliphatic heterocycles. The molecule has 0 atom stereocenters. The molecule has 4 aromatic rings. The molecule has 0 unspecified atom stereocenters. The Balaban J connectivity index is 1.34. The molecule has 0 saturated carbocycles. The number of methoxy groups -OCH3 is 1. The molecular weight excluding hydrogens is 520 g/mol. The van der Waals surface area contributed by atoms with E-state index in [1.807, 2.05) is 42.5 Å². The van der Waals surface area contributed by atoms with Crippen LogP contribution in [0.25, 0.3) is 11.1 Å². The van der Waals surface area contributed by atoms with Crippen LogP contribution >= 0.6 is 0 Å². The van der Waals surface area contributed by atoms with Gasteiger partial charge in [-0.1, -0.05) is 42.5 Å². The molecule has 202 valence electrons. The summed E-state index contributed by atoms with van der Waals surface area (Å²) >= 11 is 0. The number of hydrogen-bond donors (Lipinski definition) is 1. The number of amides is 1. The summed E-state index contributed by atoms with van der Waals surface area (Å²) in [5.74, 6) is 0.211. The third kappa shape index (κ3) is 6.95. The molecule has 0 bridgehead atoms. The van der Waals surface area contributed by atoms with Gasteiger partial charge in [0.05, 0.1) is 29.2 Å². The maximum atomic E-state index is 12.1. The summed E-state index contributed by atoms with van der Waals surface area (Å²) in [4.78, 5) is 32.9. The van der Waals surface area contributed by atoms with Crippen molar-refractivity contribution < 1.29 is 28.9 Å². The monoisotopic (exact) mass is 542 g/mol. The number of non-ortho nitro benzene ring substituents is 1. The number of benzene rings is 4. The summed E-state index contributed by atoms with van der Waals surface area (Å²) < 4.78 is 16.4. The van der Waals surface area contributed by atoms with Gasteiger partial charge in [0.1, 0.15) is 5.75 Å². The maximum absolute atomic E-state index is 12.1. The molecule has 0 heterocycles. The minimum Gasteiger partial charge on any atom is -0.493 e. The van der Waals surface area contributed by atoms with Crippen LogP contribution in [-0.2, 0) is 4.79 Å². The second-order valence-electron chi connectivity index (χ2n) is 8.15. The number of hydrazone groups is 1. The zero-order chi connectivity index (χ0) is 28.5. The normalized spacial score (nSPS) is 10.6. The fraction of sp³-hybridized carbons (Fsp3) is 0.0714. The van der Waals surface area contributed by atoms with Crippen molar-refractivity contribution in [2.45, 2.75) is 0 Å². The number of nitrogens with zero attached hydrogens (tertiary/aromatic N) is 3. The lowest BCUT2D eigenvalue weighted by Crippen LogP contribution is -2.24. The van der Waals surface area contributed by atoms with Crippen LogP contribution in [0.2, 0.25) is 0 Å². The summed E-state index contributed by atoms with van der Waals surface area (Å²) in [6.07, 6.45) is 1.37. The third-order valence-electron chi connectivity index (χ3n) is 5.49. The van der Waals surface area contributed by atoms with Gasteiger partial charge in [0.25, 0.3) is 11.6 Å². The number of nitro benzene ring substituents is 2. The van der Waals surface area contributed by atoms with E-state index in [1.54, 1.807) is 18.2 Å². The van der Waals surface area contributed by atoms with E-state index in [1.165, 1.54) is 25.5 Å². The Kier molecular flexibility index (Phi) is 8.62. The van der Waals surface area contributed by atoms with Crippen LogP contribution in [0.15, 0.2) is 96.1 Å². The highest BCUT2D eigenvalue weighted by Gasteiger charge is 2.22. The molecule has 4 rings (SSSR count). The minimum absolute atomic E-state index is 0.132. The van der Waals surface area contributed by atoms with Crippen LogP contribution < -0.4 is 19.6 Å². The summed E-state index contributed by atoms with van der Waals surface area (Å²) in [6, 6.07) is 24.9. The lowest BCUT2D eigenvalue weighted by atomic mass is 10.1. The van der Waals surface area contributed by atoms with Crippen LogP contribution in [-0.4, -0.2) is 35.7 Å². The minimum atomic E-state index is -0.776. The van der Waals surface area contributed by atoms with Gasteiger partial charge >= 0.3 is 5.69 Å². The molecule has 0 fully saturated rings. The maximum Gasteiger partial charge on any atom is 0.318 e. The molecule has 1 N–H and O–H groups in total. The van der Waals surface area contributed by atoms with E-state index in [0.717, 1.165) is 29.3 Å². The molecular formula is C28H22N4O8. The third-order valence-corrected chi connectivity index (χ3v) is 5.49. The van der Waals surface area contributed by atoms with E-state index >= 15 is 0 Å². The van der Waals surface area contributed by atoms with Crippen molar-refractivity contribution in [3.8, 4) is 34.1 Å². The fourth-order valence-corrected chi connectivity index (χ4v) is 3.55. The highest BCUT2D eigenvalue weighted by molar-refractivity contribution is 5.83. The number of carbonyl (C=O) groups is 1. The lowest BCUT2D eigenvalue weighted by Gasteiger charge is -2.11. The first-order valence-corrected chi connectivity index (χ1v) is 11.7. The average molecular weight is 543 g/mol. The predicted molar refractivity (Wildman–Crippen MR) is 146 cm³/mol. The van der Waals surface area contributed by atoms with Gasteiger partial charge in [0, 0.05) is 6.07 Å². The van der Waals surface area contributed by atoms with Crippen LogP contribution in [0.5, 0.6) is 23.0 Å². The van der Waals surface area contributed by atoms with E-state index in [9.17, 15) is 25.0 Å². The first-order chi connectivity index (χ1) is 19.3. The number of ether oxygens (including phenoxy) is 3. The highest BCUT2D eigenvalue weighted by atomic mass is 16.6. The molecule has 0 spiro atoms. The number of carbonyl (C=O) groups excluding carboxylic acids is 1. The van der Waals surface area contributed by atoms with Crippen molar-refractivity contribution in [2.24, 2.45) is 5.10 Å². The topological polar surface area (TPSA) is 155 Å². The zero-order valence-corrected chi connectivity index (χ0v) is 21.1. The van der Waals surface area contributed by atoms with E-state index < -0.39 is 27.1 Å². The second-order valence-corrected chi connectivity index (χ2v) is 8.15. The van der Waals surface area contributed by atoms with Crippen molar-refractivity contribution in [1.29, 1.82) is 0 Å². The van der Waals surface area contributed by atoms with E-state index in [0.29, 0.717) is 11.3 Å². The summed E-state index contributed by atoms with van der Waals surface area (Å²) in [5.41, 5.74) is 3.99. The Morgan fingerprint density at radius 1 is 0.850 bits per heavy atom. The first-order valence-electron chi connectivity index (χ1n) is 11.7. The highest BCUT2D eigenvalue weighted by Crippen LogP contribution is 2.38. The standard InChI is InChI=1S/C28H22N4O8/c1-38-27-15-19(7-13-26(27)40-25-14-10-22(31(34)35)16-24(25)32(36)37)17-29-30-28(33)18-39-23-11-8-21(9-12-23)20-5-3-2-4-6-20/h2-17H,18H2,1H3,(H,30,33)/b29-17-. The summed E-state index contributed by atoms with van der Waals surface area (Å²) in [6.45, 7) is -0.244. The smallest absolute Gasteiger partial charge is 0.318 e. The summed E-state index contributed by atoms with van der Waals surface area (Å²) in [7, 11) is 1.37. The van der Waals surface area contributed by atoms with Crippen LogP contribution in [0, 0.1) is 20.2 Å². The number of rotatable bonds is 11. The number of nitrogens with one attached hydrogen (secondary N) is 1. The van der Waals surface area contributed by atoms with Crippen molar-refractivity contribution in [3.63, 3.8) is 0 Å². The second kappa shape index (κ2) is 12.6. The largest absolute Gasteiger partial charge is 0.493 e. The molecule has 40 heavy (non-hydrogen) atoms. The Morgan fingerprint density at radius 2 is 1.55 bits per heavy atom. The molecule has 0 aromatic heterocycles. The Bertz CT molecular complexity index is 1560. The molecule has 12 nitrogen and oxygen atoms in total. The predicted octanol–water partition coefficient (Wildman–Crippen LogP) is 5.50.